The van der Waals surface area contributed by atoms with Gasteiger partial charge >= 0.3 is 0 Å². The zero-order valence-corrected chi connectivity index (χ0v) is 11.7. The van der Waals surface area contributed by atoms with Crippen LogP contribution in [0.5, 0.6) is 0 Å². The Hall–Kier alpha value is -1.59. The average Bonchev–Trinajstić information content (AvgIpc) is 2.40. The number of benzene rings is 1. The van der Waals surface area contributed by atoms with E-state index in [0.29, 0.717) is 11.6 Å². The van der Waals surface area contributed by atoms with Crippen LogP contribution in [0, 0.1) is 0 Å². The van der Waals surface area contributed by atoms with Crippen molar-refractivity contribution in [1.82, 2.24) is 4.98 Å². The minimum Gasteiger partial charge on any atom is -0.278 e. The molecular weight excluding hydrogens is 284 g/mol. The van der Waals surface area contributed by atoms with Crippen molar-refractivity contribution >= 4 is 27.3 Å². The number of alkyl halides is 1. The van der Waals surface area contributed by atoms with Crippen LogP contribution in [-0.2, 0) is 16.4 Å². The van der Waals surface area contributed by atoms with E-state index in [1.807, 2.05) is 0 Å². The van der Waals surface area contributed by atoms with Crippen molar-refractivity contribution in [2.24, 2.45) is 0 Å². The van der Waals surface area contributed by atoms with Gasteiger partial charge in [-0.15, -0.1) is 11.6 Å². The number of sulfonamides is 1. The van der Waals surface area contributed by atoms with E-state index in [1.165, 1.54) is 6.20 Å². The third-order valence-electron chi connectivity index (χ3n) is 2.53. The minimum absolute atomic E-state index is 0.217. The van der Waals surface area contributed by atoms with Gasteiger partial charge in [0.2, 0.25) is 0 Å². The monoisotopic (exact) mass is 296 g/mol. The molecule has 0 atom stereocenters. The molecule has 0 aliphatic heterocycles. The molecular formula is C13H13ClN2O2S. The number of hydrogen-bond acceptors (Lipinski definition) is 3. The minimum atomic E-state index is -3.57. The predicted molar refractivity (Wildman–Crippen MR) is 75.9 cm³/mol. The van der Waals surface area contributed by atoms with E-state index in [9.17, 15) is 8.42 Å². The van der Waals surface area contributed by atoms with Crippen molar-refractivity contribution in [2.75, 3.05) is 10.6 Å². The summed E-state index contributed by atoms with van der Waals surface area (Å²) in [5, 5.41) is 0. The lowest BCUT2D eigenvalue weighted by Gasteiger charge is -2.08. The Morgan fingerprint density at radius 3 is 2.47 bits per heavy atom. The van der Waals surface area contributed by atoms with Gasteiger partial charge < -0.3 is 0 Å². The van der Waals surface area contributed by atoms with E-state index in [-0.39, 0.29) is 4.90 Å². The quantitative estimate of drug-likeness (QED) is 0.863. The van der Waals surface area contributed by atoms with Crippen molar-refractivity contribution in [3.63, 3.8) is 0 Å². The van der Waals surface area contributed by atoms with Gasteiger partial charge in [-0.2, -0.15) is 0 Å². The van der Waals surface area contributed by atoms with E-state index in [0.717, 1.165) is 12.0 Å². The standard InChI is InChI=1S/C13H13ClN2O2S/c14-8-7-11-3-5-13(6-4-11)19(17,18)16-12-2-1-9-15-10-12/h1-6,9-10,16H,7-8H2. The molecule has 2 aromatic rings. The molecule has 6 heteroatoms. The fourth-order valence-corrected chi connectivity index (χ4v) is 2.84. The topological polar surface area (TPSA) is 59.1 Å². The number of pyridine rings is 1. The molecule has 0 amide bonds. The molecule has 0 radical (unpaired) electrons. The zero-order valence-electron chi connectivity index (χ0n) is 10.1. The molecule has 2 rings (SSSR count). The molecule has 1 heterocycles. The molecule has 1 aromatic heterocycles. The van der Waals surface area contributed by atoms with E-state index >= 15 is 0 Å². The van der Waals surface area contributed by atoms with Gasteiger partial charge in [0.05, 0.1) is 16.8 Å². The first-order chi connectivity index (χ1) is 9.12. The molecule has 0 spiro atoms. The Balaban J connectivity index is 2.20. The van der Waals surface area contributed by atoms with Crippen LogP contribution in [0.4, 0.5) is 5.69 Å². The lowest BCUT2D eigenvalue weighted by atomic mass is 10.2. The van der Waals surface area contributed by atoms with Gasteiger partial charge in [0.1, 0.15) is 0 Å². The summed E-state index contributed by atoms with van der Waals surface area (Å²) in [7, 11) is -3.57. The highest BCUT2D eigenvalue weighted by atomic mass is 35.5. The first-order valence-electron chi connectivity index (χ1n) is 5.69. The lowest BCUT2D eigenvalue weighted by Crippen LogP contribution is -2.13. The zero-order chi connectivity index (χ0) is 13.7. The van der Waals surface area contributed by atoms with Crippen molar-refractivity contribution in [3.05, 3.63) is 54.4 Å². The largest absolute Gasteiger partial charge is 0.278 e. The van der Waals surface area contributed by atoms with Gasteiger partial charge in [0, 0.05) is 12.1 Å². The second-order valence-corrected chi connectivity index (χ2v) is 5.99. The number of rotatable bonds is 5. The molecule has 19 heavy (non-hydrogen) atoms. The number of aromatic nitrogens is 1. The second kappa shape index (κ2) is 6.04. The fraction of sp³-hybridized carbons (Fsp3) is 0.154. The van der Waals surface area contributed by atoms with Crippen LogP contribution in [0.15, 0.2) is 53.7 Å². The summed E-state index contributed by atoms with van der Waals surface area (Å²) < 4.78 is 26.7. The van der Waals surface area contributed by atoms with Crippen LogP contribution in [0.1, 0.15) is 5.56 Å². The fourth-order valence-electron chi connectivity index (χ4n) is 1.58. The van der Waals surface area contributed by atoms with Crippen molar-refractivity contribution < 1.29 is 8.42 Å². The van der Waals surface area contributed by atoms with E-state index in [1.54, 1.807) is 42.6 Å². The van der Waals surface area contributed by atoms with E-state index < -0.39 is 10.0 Å². The van der Waals surface area contributed by atoms with Gasteiger partial charge in [-0.05, 0) is 36.2 Å². The van der Waals surface area contributed by atoms with Gasteiger partial charge in [0.15, 0.2) is 0 Å². The lowest BCUT2D eigenvalue weighted by molar-refractivity contribution is 0.601. The summed E-state index contributed by atoms with van der Waals surface area (Å²) in [4.78, 5) is 4.08. The van der Waals surface area contributed by atoms with Crippen molar-refractivity contribution in [3.8, 4) is 0 Å². The molecule has 0 aliphatic rings. The molecule has 0 saturated carbocycles. The Kier molecular flexibility index (Phi) is 4.39. The number of nitrogens with one attached hydrogen (secondary N) is 1. The summed E-state index contributed by atoms with van der Waals surface area (Å²) in [5.41, 5.74) is 1.45. The number of anilines is 1. The van der Waals surface area contributed by atoms with Crippen LogP contribution in [0.25, 0.3) is 0 Å². The summed E-state index contributed by atoms with van der Waals surface area (Å²) in [6.07, 6.45) is 3.76. The van der Waals surface area contributed by atoms with Crippen LogP contribution < -0.4 is 4.72 Å². The van der Waals surface area contributed by atoms with Crippen molar-refractivity contribution in [2.45, 2.75) is 11.3 Å². The molecule has 100 valence electrons. The smallest absolute Gasteiger partial charge is 0.261 e. The Morgan fingerprint density at radius 2 is 1.89 bits per heavy atom. The molecule has 0 fully saturated rings. The normalized spacial score (nSPS) is 11.2. The number of nitrogens with zero attached hydrogens (tertiary/aromatic N) is 1. The highest BCUT2D eigenvalue weighted by molar-refractivity contribution is 7.92. The molecule has 0 bridgehead atoms. The van der Waals surface area contributed by atoms with E-state index in [2.05, 4.69) is 9.71 Å². The molecule has 0 saturated heterocycles. The summed E-state index contributed by atoms with van der Waals surface area (Å²) in [6, 6.07) is 9.98. The number of hydrogen-bond donors (Lipinski definition) is 1. The predicted octanol–water partition coefficient (Wildman–Crippen LogP) is 2.66. The van der Waals surface area contributed by atoms with Gasteiger partial charge in [-0.1, -0.05) is 12.1 Å². The Morgan fingerprint density at radius 1 is 1.16 bits per heavy atom. The first-order valence-corrected chi connectivity index (χ1v) is 7.71. The first kappa shape index (κ1) is 13.8. The SMILES string of the molecule is O=S(=O)(Nc1cccnc1)c1ccc(CCCl)cc1. The maximum atomic E-state index is 12.1. The van der Waals surface area contributed by atoms with Gasteiger partial charge in [-0.3, -0.25) is 9.71 Å². The van der Waals surface area contributed by atoms with E-state index in [4.69, 9.17) is 11.6 Å². The third kappa shape index (κ3) is 3.68. The number of aryl methyl sites for hydroxylation is 1. The van der Waals surface area contributed by atoms with Gasteiger partial charge in [0.25, 0.3) is 10.0 Å². The maximum absolute atomic E-state index is 12.1. The molecule has 1 aromatic carbocycles. The molecule has 1 N–H and O–H groups in total. The molecule has 0 unspecified atom stereocenters. The Bertz CT molecular complexity index is 627. The van der Waals surface area contributed by atoms with Crippen LogP contribution in [0.2, 0.25) is 0 Å². The second-order valence-electron chi connectivity index (χ2n) is 3.93. The maximum Gasteiger partial charge on any atom is 0.261 e. The summed E-state index contributed by atoms with van der Waals surface area (Å²) >= 11 is 5.64. The van der Waals surface area contributed by atoms with Crippen LogP contribution in [-0.4, -0.2) is 19.3 Å². The number of halogens is 1. The van der Waals surface area contributed by atoms with Crippen LogP contribution in [0.3, 0.4) is 0 Å². The summed E-state index contributed by atoms with van der Waals surface area (Å²) in [5.74, 6) is 0.514. The highest BCUT2D eigenvalue weighted by Gasteiger charge is 2.13. The summed E-state index contributed by atoms with van der Waals surface area (Å²) in [6.45, 7) is 0. The van der Waals surface area contributed by atoms with Crippen LogP contribution >= 0.6 is 11.6 Å². The van der Waals surface area contributed by atoms with Crippen molar-refractivity contribution in [1.29, 1.82) is 0 Å². The average molecular weight is 297 g/mol. The molecule has 0 aliphatic carbocycles. The third-order valence-corrected chi connectivity index (χ3v) is 4.12. The highest BCUT2D eigenvalue weighted by Crippen LogP contribution is 2.16. The molecule has 4 nitrogen and oxygen atoms in total. The Labute approximate surface area is 117 Å². The van der Waals surface area contributed by atoms with Gasteiger partial charge in [-0.25, -0.2) is 8.42 Å².